The Kier molecular flexibility index (Phi) is 7.62. The summed E-state index contributed by atoms with van der Waals surface area (Å²) in [6.07, 6.45) is 1.38. The number of fused-ring (bicyclic) bond motifs is 1. The zero-order chi connectivity index (χ0) is 27.4. The second-order valence-electron chi connectivity index (χ2n) is 8.44. The van der Waals surface area contributed by atoms with Gasteiger partial charge in [-0.1, -0.05) is 6.92 Å². The fourth-order valence-corrected chi connectivity index (χ4v) is 3.85. The largest absolute Gasteiger partial charge is 0.435 e. The van der Waals surface area contributed by atoms with Crippen LogP contribution in [0.4, 0.5) is 24.7 Å². The van der Waals surface area contributed by atoms with E-state index in [0.717, 1.165) is 5.56 Å². The summed E-state index contributed by atoms with van der Waals surface area (Å²) in [5.74, 6) is -0.273. The van der Waals surface area contributed by atoms with Crippen molar-refractivity contribution in [3.63, 3.8) is 0 Å². The molecular weight excluding hydrogens is 503 g/mol. The van der Waals surface area contributed by atoms with Crippen molar-refractivity contribution in [2.24, 2.45) is 5.73 Å². The molecule has 14 heteroatoms. The minimum atomic E-state index is -4.63. The first-order valence-corrected chi connectivity index (χ1v) is 11.7. The Bertz CT molecular complexity index is 1460. The molecule has 1 atom stereocenters. The molecule has 0 radical (unpaired) electrons. The van der Waals surface area contributed by atoms with E-state index in [1.54, 1.807) is 25.1 Å². The third-order valence-corrected chi connectivity index (χ3v) is 5.73. The predicted octanol–water partition coefficient (Wildman–Crippen LogP) is 2.64. The van der Waals surface area contributed by atoms with Crippen LogP contribution in [0.2, 0.25) is 0 Å². The molecule has 11 nitrogen and oxygen atoms in total. The first-order chi connectivity index (χ1) is 18.1. The lowest BCUT2D eigenvalue weighted by molar-refractivity contribution is -0.140. The monoisotopic (exact) mass is 529 g/mol. The zero-order valence-corrected chi connectivity index (χ0v) is 20.6. The number of nitrogens with two attached hydrogens (primary N) is 1. The number of H-pyrrole nitrogens is 1. The van der Waals surface area contributed by atoms with E-state index < -0.39 is 17.9 Å². The number of carbonyl (C=O) groups excluding carboxylic acids is 2. The minimum absolute atomic E-state index is 0.136. The number of imidazole rings is 1. The molecule has 0 saturated carbocycles. The second-order valence-corrected chi connectivity index (χ2v) is 8.44. The van der Waals surface area contributed by atoms with E-state index in [-0.39, 0.29) is 36.2 Å². The molecule has 1 aromatic carbocycles. The Balaban J connectivity index is 1.52. The van der Waals surface area contributed by atoms with E-state index in [2.05, 4.69) is 36.1 Å². The molecule has 0 aliphatic carbocycles. The summed E-state index contributed by atoms with van der Waals surface area (Å²) >= 11 is 0. The predicted molar refractivity (Wildman–Crippen MR) is 134 cm³/mol. The summed E-state index contributed by atoms with van der Waals surface area (Å²) in [4.78, 5) is 32.8. The third-order valence-electron chi connectivity index (χ3n) is 5.73. The molecule has 4 aromatic rings. The van der Waals surface area contributed by atoms with E-state index in [9.17, 15) is 22.8 Å². The lowest BCUT2D eigenvalue weighted by Gasteiger charge is -2.13. The lowest BCUT2D eigenvalue weighted by Crippen LogP contribution is -2.42. The topological polar surface area (TPSA) is 155 Å². The van der Waals surface area contributed by atoms with Crippen LogP contribution in [0.1, 0.15) is 35.5 Å². The molecule has 0 unspecified atom stereocenters. The molecule has 2 amide bonds. The van der Waals surface area contributed by atoms with Crippen LogP contribution in [0.25, 0.3) is 16.9 Å². The van der Waals surface area contributed by atoms with Gasteiger partial charge in [0.1, 0.15) is 0 Å². The van der Waals surface area contributed by atoms with E-state index in [0.29, 0.717) is 29.1 Å². The van der Waals surface area contributed by atoms with Crippen LogP contribution < -0.4 is 21.7 Å². The highest BCUT2D eigenvalue weighted by atomic mass is 19.4. The maximum atomic E-state index is 13.4. The molecule has 0 aliphatic heterocycles. The molecular formula is C24H26F3N9O2. The highest BCUT2D eigenvalue weighted by Gasteiger charge is 2.37. The molecule has 38 heavy (non-hydrogen) atoms. The molecule has 3 heterocycles. The summed E-state index contributed by atoms with van der Waals surface area (Å²) in [5.41, 5.74) is 6.68. The Morgan fingerprint density at radius 2 is 1.95 bits per heavy atom. The number of nitrogens with one attached hydrogen (secondary N) is 4. The molecule has 0 saturated heterocycles. The maximum Gasteiger partial charge on any atom is 0.435 e. The highest BCUT2D eigenvalue weighted by molar-refractivity contribution is 5.96. The number of hydrogen-bond acceptors (Lipinski definition) is 7. The summed E-state index contributed by atoms with van der Waals surface area (Å²) in [6.45, 7) is 3.96. The van der Waals surface area contributed by atoms with Gasteiger partial charge in [-0.3, -0.25) is 19.1 Å². The molecule has 0 spiro atoms. The van der Waals surface area contributed by atoms with Crippen LogP contribution in [0.5, 0.6) is 0 Å². The smallest absolute Gasteiger partial charge is 0.353 e. The number of aryl methyl sites for hydroxylation is 1. The van der Waals surface area contributed by atoms with E-state index in [1.807, 2.05) is 6.92 Å². The Hall–Kier alpha value is -4.46. The molecule has 6 N–H and O–H groups in total. The van der Waals surface area contributed by atoms with Crippen molar-refractivity contribution < 1.29 is 22.8 Å². The quantitative estimate of drug-likeness (QED) is 0.209. The number of hydrogen-bond donors (Lipinski definition) is 5. The summed E-state index contributed by atoms with van der Waals surface area (Å²) in [7, 11) is 0. The fraction of sp³-hybridized carbons (Fsp3) is 0.292. The van der Waals surface area contributed by atoms with Gasteiger partial charge in [0.2, 0.25) is 5.91 Å². The summed E-state index contributed by atoms with van der Waals surface area (Å²) < 4.78 is 41.6. The van der Waals surface area contributed by atoms with Gasteiger partial charge in [0.25, 0.3) is 5.91 Å². The van der Waals surface area contributed by atoms with Crippen LogP contribution in [-0.4, -0.2) is 55.5 Å². The van der Waals surface area contributed by atoms with Crippen molar-refractivity contribution in [2.45, 2.75) is 32.5 Å². The second kappa shape index (κ2) is 10.9. The van der Waals surface area contributed by atoms with Crippen LogP contribution in [0.3, 0.4) is 0 Å². The first kappa shape index (κ1) is 26.6. The van der Waals surface area contributed by atoms with E-state index >= 15 is 0 Å². The average molecular weight is 530 g/mol. The van der Waals surface area contributed by atoms with Crippen molar-refractivity contribution in [3.05, 3.63) is 59.8 Å². The maximum absolute atomic E-state index is 13.4. The number of rotatable bonds is 9. The van der Waals surface area contributed by atoms with Gasteiger partial charge >= 0.3 is 6.18 Å². The van der Waals surface area contributed by atoms with Gasteiger partial charge in [-0.05, 0) is 37.1 Å². The number of aromatic nitrogens is 5. The fourth-order valence-electron chi connectivity index (χ4n) is 3.85. The van der Waals surface area contributed by atoms with Crippen molar-refractivity contribution >= 4 is 29.0 Å². The minimum Gasteiger partial charge on any atom is -0.353 e. The average Bonchev–Trinajstić information content (AvgIpc) is 3.54. The van der Waals surface area contributed by atoms with Crippen molar-refractivity contribution in [3.8, 4) is 11.3 Å². The summed E-state index contributed by atoms with van der Waals surface area (Å²) in [5, 5.41) is 14.1. The summed E-state index contributed by atoms with van der Waals surface area (Å²) in [6, 6.07) is 4.52. The standard InChI is InChI=1S/C24H26F3N9O2/c1-3-14-10-15(4-5-16(14)23(38)31-7-6-30-22(37)13(2)28)34-20-21-32-12-18(36(21)9-8-29-20)17-11-33-35-19(17)24(25,26)27/h4-5,8-13H,3,6-7,28H2,1-2H3,(H,29,34)(H,30,37)(H,31,38)(H,33,35)/t13-/m0/s1. The lowest BCUT2D eigenvalue weighted by atomic mass is 10.0. The Labute approximate surface area is 215 Å². The third kappa shape index (κ3) is 5.59. The number of benzene rings is 1. The van der Waals surface area contributed by atoms with Gasteiger partial charge in [-0.25, -0.2) is 9.97 Å². The number of halogens is 3. The van der Waals surface area contributed by atoms with Gasteiger partial charge in [0.05, 0.1) is 23.5 Å². The molecule has 0 fully saturated rings. The first-order valence-electron chi connectivity index (χ1n) is 11.7. The van der Waals surface area contributed by atoms with Crippen molar-refractivity contribution in [1.82, 2.24) is 35.2 Å². The molecule has 3 aromatic heterocycles. The van der Waals surface area contributed by atoms with Crippen LogP contribution in [0.15, 0.2) is 43.0 Å². The van der Waals surface area contributed by atoms with Gasteiger partial charge in [-0.15, -0.1) is 0 Å². The number of amides is 2. The molecule has 200 valence electrons. The molecule has 0 aliphatic rings. The van der Waals surface area contributed by atoms with Crippen LogP contribution >= 0.6 is 0 Å². The highest BCUT2D eigenvalue weighted by Crippen LogP contribution is 2.36. The van der Waals surface area contributed by atoms with Gasteiger partial charge in [-0.2, -0.15) is 18.3 Å². The van der Waals surface area contributed by atoms with Crippen molar-refractivity contribution in [1.29, 1.82) is 0 Å². The molecule has 4 rings (SSSR count). The SMILES string of the molecule is CCc1cc(Nc2nccn3c(-c4c[nH]nc4C(F)(F)F)cnc23)ccc1C(=O)NCCNC(=O)[C@H](C)N. The van der Waals surface area contributed by atoms with E-state index in [4.69, 9.17) is 5.73 Å². The number of carbonyl (C=O) groups is 2. The number of nitrogens with zero attached hydrogens (tertiary/aromatic N) is 4. The van der Waals surface area contributed by atoms with Crippen LogP contribution in [0, 0.1) is 0 Å². The number of anilines is 2. The normalized spacial score (nSPS) is 12.4. The Morgan fingerprint density at radius 3 is 2.66 bits per heavy atom. The van der Waals surface area contributed by atoms with Crippen molar-refractivity contribution in [2.75, 3.05) is 18.4 Å². The van der Waals surface area contributed by atoms with E-state index in [1.165, 1.54) is 29.2 Å². The number of aromatic amines is 1. The van der Waals surface area contributed by atoms with Gasteiger partial charge in [0.15, 0.2) is 17.2 Å². The Morgan fingerprint density at radius 1 is 1.18 bits per heavy atom. The zero-order valence-electron chi connectivity index (χ0n) is 20.6. The van der Waals surface area contributed by atoms with Gasteiger partial charge in [0, 0.05) is 42.9 Å². The molecule has 0 bridgehead atoms. The van der Waals surface area contributed by atoms with Gasteiger partial charge < -0.3 is 21.7 Å². The van der Waals surface area contributed by atoms with Crippen LogP contribution in [-0.2, 0) is 17.4 Å². The number of alkyl halides is 3.